The standard InChI is InChI=1S/C28H20F9N9O/c29-26(30,31)16-1-7-19(8-2-16)44-13-22(38-41-44)25(47,23-14-45(42-39-23)20-9-3-17(4-10-20)27(32,33)34)24-15-46(43-40-24)21-11-5-18(6-12-21)28(35,36)37/h1-13,23-24,47H,14-15H2. The fourth-order valence-electron chi connectivity index (χ4n) is 5.08. The average molecular weight is 670 g/mol. The summed E-state index contributed by atoms with van der Waals surface area (Å²) >= 11 is 0. The van der Waals surface area contributed by atoms with E-state index >= 15 is 0 Å². The molecule has 0 aliphatic carbocycles. The Morgan fingerprint density at radius 3 is 1.28 bits per heavy atom. The minimum atomic E-state index is -4.58. The monoisotopic (exact) mass is 669 g/mol. The highest BCUT2D eigenvalue weighted by Crippen LogP contribution is 2.40. The molecule has 47 heavy (non-hydrogen) atoms. The van der Waals surface area contributed by atoms with Crippen molar-refractivity contribution in [3.8, 4) is 5.69 Å². The van der Waals surface area contributed by atoms with Gasteiger partial charge in [0.2, 0.25) is 0 Å². The second-order valence-electron chi connectivity index (χ2n) is 10.6. The molecule has 0 spiro atoms. The van der Waals surface area contributed by atoms with E-state index in [4.69, 9.17) is 0 Å². The van der Waals surface area contributed by atoms with E-state index in [0.29, 0.717) is 0 Å². The third kappa shape index (κ3) is 6.21. The van der Waals surface area contributed by atoms with Gasteiger partial charge in [-0.05, 0) is 72.8 Å². The average Bonchev–Trinajstić information content (AvgIpc) is 3.82. The van der Waals surface area contributed by atoms with Crippen LogP contribution in [0.1, 0.15) is 22.4 Å². The maximum atomic E-state index is 13.1. The van der Waals surface area contributed by atoms with Crippen LogP contribution in [0.25, 0.3) is 5.69 Å². The molecule has 1 N–H and O–H groups in total. The van der Waals surface area contributed by atoms with Gasteiger partial charge in [0.15, 0.2) is 5.60 Å². The molecule has 0 amide bonds. The Bertz CT molecular complexity index is 1700. The van der Waals surface area contributed by atoms with Crippen molar-refractivity contribution in [3.05, 3.63) is 101 Å². The zero-order chi connectivity index (χ0) is 33.8. The molecule has 6 rings (SSSR count). The van der Waals surface area contributed by atoms with Crippen LogP contribution in [0.5, 0.6) is 0 Å². The number of hydrogen-bond donors (Lipinski definition) is 1. The summed E-state index contributed by atoms with van der Waals surface area (Å²) in [6.07, 6.45) is -12.5. The highest BCUT2D eigenvalue weighted by Gasteiger charge is 2.53. The molecule has 2 atom stereocenters. The van der Waals surface area contributed by atoms with Gasteiger partial charge in [0.25, 0.3) is 0 Å². The maximum Gasteiger partial charge on any atom is 0.416 e. The van der Waals surface area contributed by atoms with Crippen molar-refractivity contribution in [1.82, 2.24) is 15.0 Å². The predicted molar refractivity (Wildman–Crippen MR) is 145 cm³/mol. The Kier molecular flexibility index (Phi) is 7.68. The molecule has 0 radical (unpaired) electrons. The zero-order valence-electron chi connectivity index (χ0n) is 23.4. The van der Waals surface area contributed by atoms with Crippen molar-refractivity contribution < 1.29 is 44.6 Å². The van der Waals surface area contributed by atoms with Crippen molar-refractivity contribution in [2.75, 3.05) is 23.1 Å². The van der Waals surface area contributed by atoms with E-state index in [1.54, 1.807) is 0 Å². The molecule has 246 valence electrons. The molecular weight excluding hydrogens is 649 g/mol. The summed E-state index contributed by atoms with van der Waals surface area (Å²) in [5.74, 6) is 0. The first-order chi connectivity index (χ1) is 22.0. The molecule has 0 saturated heterocycles. The van der Waals surface area contributed by atoms with Crippen LogP contribution in [-0.2, 0) is 24.1 Å². The van der Waals surface area contributed by atoms with Crippen LogP contribution in [0.4, 0.5) is 50.9 Å². The molecule has 2 unspecified atom stereocenters. The van der Waals surface area contributed by atoms with E-state index in [1.807, 2.05) is 0 Å². The summed E-state index contributed by atoms with van der Waals surface area (Å²) < 4.78 is 119. The van der Waals surface area contributed by atoms with Crippen molar-refractivity contribution in [2.24, 2.45) is 20.7 Å². The molecule has 1 aromatic heterocycles. The molecule has 10 nitrogen and oxygen atoms in total. The second kappa shape index (κ2) is 11.3. The van der Waals surface area contributed by atoms with Crippen molar-refractivity contribution in [1.29, 1.82) is 0 Å². The first kappa shape index (κ1) is 31.9. The lowest BCUT2D eigenvalue weighted by molar-refractivity contribution is -0.138. The number of anilines is 2. The first-order valence-corrected chi connectivity index (χ1v) is 13.6. The summed E-state index contributed by atoms with van der Waals surface area (Å²) in [5.41, 5.74) is -4.38. The van der Waals surface area contributed by atoms with Crippen LogP contribution in [-0.4, -0.2) is 45.3 Å². The van der Waals surface area contributed by atoms with Gasteiger partial charge in [-0.25, -0.2) is 14.7 Å². The van der Waals surface area contributed by atoms with Crippen LogP contribution >= 0.6 is 0 Å². The van der Waals surface area contributed by atoms with Gasteiger partial charge in [-0.1, -0.05) is 15.7 Å². The fourth-order valence-corrected chi connectivity index (χ4v) is 5.08. The van der Waals surface area contributed by atoms with E-state index < -0.39 is 52.9 Å². The lowest BCUT2D eigenvalue weighted by Crippen LogP contribution is -2.52. The number of alkyl halides is 9. The second-order valence-corrected chi connectivity index (χ2v) is 10.6. The van der Waals surface area contributed by atoms with Gasteiger partial charge in [-0.3, -0.25) is 0 Å². The Morgan fingerprint density at radius 1 is 0.553 bits per heavy atom. The molecular formula is C28H20F9N9O. The van der Waals surface area contributed by atoms with E-state index in [-0.39, 0.29) is 35.8 Å². The van der Waals surface area contributed by atoms with Gasteiger partial charge in [0.05, 0.1) is 53.0 Å². The van der Waals surface area contributed by atoms with Crippen LogP contribution in [0.2, 0.25) is 0 Å². The van der Waals surface area contributed by atoms with Gasteiger partial charge >= 0.3 is 18.5 Å². The number of benzene rings is 3. The smallest absolute Gasteiger partial charge is 0.379 e. The van der Waals surface area contributed by atoms with Gasteiger partial charge in [-0.2, -0.15) is 49.7 Å². The fraction of sp³-hybridized carbons (Fsp3) is 0.286. The van der Waals surface area contributed by atoms with Gasteiger partial charge < -0.3 is 5.11 Å². The number of nitrogens with zero attached hydrogens (tertiary/aromatic N) is 9. The maximum absolute atomic E-state index is 13.1. The number of aromatic nitrogens is 3. The number of halogens is 9. The van der Waals surface area contributed by atoms with E-state index in [2.05, 4.69) is 31.0 Å². The number of rotatable bonds is 6. The Morgan fingerprint density at radius 2 is 0.915 bits per heavy atom. The summed E-state index contributed by atoms with van der Waals surface area (Å²) in [6.45, 7) is -0.359. The van der Waals surface area contributed by atoms with Crippen LogP contribution in [0.15, 0.2) is 99.7 Å². The van der Waals surface area contributed by atoms with Crippen LogP contribution in [0.3, 0.4) is 0 Å². The molecule has 3 heterocycles. The van der Waals surface area contributed by atoms with E-state index in [1.165, 1.54) is 40.5 Å². The molecule has 4 aromatic rings. The summed E-state index contributed by atoms with van der Waals surface area (Å²) in [7, 11) is 0. The van der Waals surface area contributed by atoms with E-state index in [0.717, 1.165) is 53.2 Å². The molecule has 2 aliphatic heterocycles. The molecule has 19 heteroatoms. The zero-order valence-corrected chi connectivity index (χ0v) is 23.4. The Balaban J connectivity index is 1.30. The normalized spacial score (nSPS) is 19.9. The summed E-state index contributed by atoms with van der Waals surface area (Å²) in [6, 6.07) is 9.70. The Hall–Kier alpha value is -5.07. The van der Waals surface area contributed by atoms with Crippen molar-refractivity contribution in [3.63, 3.8) is 0 Å². The minimum Gasteiger partial charge on any atom is -0.379 e. The third-order valence-electron chi connectivity index (χ3n) is 7.65. The third-order valence-corrected chi connectivity index (χ3v) is 7.65. The predicted octanol–water partition coefficient (Wildman–Crippen LogP) is 7.02. The molecule has 0 bridgehead atoms. The lowest BCUT2D eigenvalue weighted by Gasteiger charge is -2.33. The summed E-state index contributed by atoms with van der Waals surface area (Å²) in [4.78, 5) is 0. The van der Waals surface area contributed by atoms with Gasteiger partial charge in [0.1, 0.15) is 17.8 Å². The molecule has 3 aromatic carbocycles. The quantitative estimate of drug-likeness (QED) is 0.222. The highest BCUT2D eigenvalue weighted by atomic mass is 19.4. The first-order valence-electron chi connectivity index (χ1n) is 13.6. The van der Waals surface area contributed by atoms with Crippen molar-refractivity contribution >= 4 is 11.4 Å². The van der Waals surface area contributed by atoms with Crippen LogP contribution in [0, 0.1) is 0 Å². The molecule has 2 aliphatic rings. The van der Waals surface area contributed by atoms with Gasteiger partial charge in [0, 0.05) is 0 Å². The molecule has 0 saturated carbocycles. The minimum absolute atomic E-state index is 0.145. The number of hydrogen-bond acceptors (Lipinski definition) is 9. The SMILES string of the molecule is OC(c1cn(-c2ccc(C(F)(F)F)cc2)nn1)(C1CN(c2ccc(C(F)(F)F)cc2)N=N1)C1CN(c2ccc(C(F)(F)F)cc2)N=N1. The van der Waals surface area contributed by atoms with Crippen molar-refractivity contribution in [2.45, 2.75) is 36.2 Å². The number of aliphatic hydroxyl groups is 1. The highest BCUT2D eigenvalue weighted by molar-refractivity contribution is 5.50. The van der Waals surface area contributed by atoms with Crippen LogP contribution < -0.4 is 10.0 Å². The molecule has 0 fully saturated rings. The largest absolute Gasteiger partial charge is 0.416 e. The topological polar surface area (TPSA) is 107 Å². The Labute approximate surface area is 258 Å². The van der Waals surface area contributed by atoms with E-state index in [9.17, 15) is 44.6 Å². The lowest BCUT2D eigenvalue weighted by atomic mass is 9.83. The van der Waals surface area contributed by atoms with Gasteiger partial charge in [-0.15, -0.1) is 5.10 Å². The summed E-state index contributed by atoms with van der Waals surface area (Å²) in [5, 5.41) is 39.1.